The normalized spacial score (nSPS) is 16.6. The van der Waals surface area contributed by atoms with Gasteiger partial charge in [0.2, 0.25) is 15.0 Å². The summed E-state index contributed by atoms with van der Waals surface area (Å²) >= 11 is 0. The van der Waals surface area contributed by atoms with E-state index in [1.165, 1.54) is 6.20 Å². The molecule has 38 heavy (non-hydrogen) atoms. The minimum Gasteiger partial charge on any atom is -0.507 e. The van der Waals surface area contributed by atoms with E-state index < -0.39 is 32.7 Å². The molecular formula is C30H36N2O5S. The van der Waals surface area contributed by atoms with Crippen molar-refractivity contribution in [3.8, 4) is 0 Å². The van der Waals surface area contributed by atoms with Crippen LogP contribution in [0.25, 0.3) is 10.9 Å². The first kappa shape index (κ1) is 27.8. The van der Waals surface area contributed by atoms with Gasteiger partial charge in [0.15, 0.2) is 5.60 Å². The summed E-state index contributed by atoms with van der Waals surface area (Å²) in [5.74, 6) is -1.29. The molecule has 8 heteroatoms. The quantitative estimate of drug-likeness (QED) is 0.248. The van der Waals surface area contributed by atoms with Crippen LogP contribution in [0.15, 0.2) is 71.2 Å². The Morgan fingerprint density at radius 3 is 2.37 bits per heavy atom. The molecule has 7 nitrogen and oxygen atoms in total. The van der Waals surface area contributed by atoms with Crippen molar-refractivity contribution in [2.45, 2.75) is 82.7 Å². The summed E-state index contributed by atoms with van der Waals surface area (Å²) in [5, 5.41) is 12.0. The zero-order valence-corrected chi connectivity index (χ0v) is 23.5. The third-order valence-corrected chi connectivity index (χ3v) is 8.51. The number of fused-ring (bicyclic) bond motifs is 1. The van der Waals surface area contributed by atoms with Crippen LogP contribution in [0.4, 0.5) is 0 Å². The first-order chi connectivity index (χ1) is 17.9. The van der Waals surface area contributed by atoms with E-state index in [1.807, 2.05) is 52.8 Å². The predicted octanol–water partition coefficient (Wildman–Crippen LogP) is 6.44. The number of cyclic esters (lactones) is 1. The molecule has 1 atom stereocenters. The molecule has 0 saturated heterocycles. The lowest BCUT2D eigenvalue weighted by Crippen LogP contribution is -2.31. The summed E-state index contributed by atoms with van der Waals surface area (Å²) < 4.78 is 32.4. The maximum Gasteiger partial charge on any atom is 0.339 e. The van der Waals surface area contributed by atoms with E-state index in [0.29, 0.717) is 23.9 Å². The fourth-order valence-corrected chi connectivity index (χ4v) is 6.70. The number of sulfone groups is 1. The number of para-hydroxylation sites is 1. The number of carbonyl (C=O) groups excluding carboxylic acids is 1. The van der Waals surface area contributed by atoms with Gasteiger partial charge in [0.05, 0.1) is 16.8 Å². The second-order valence-electron chi connectivity index (χ2n) is 11.2. The highest BCUT2D eigenvalue weighted by Gasteiger charge is 2.51. The number of nitrogens with zero attached hydrogens (tertiary/aromatic N) is 2. The monoisotopic (exact) mass is 536 g/mol. The Bertz CT molecular complexity index is 1480. The van der Waals surface area contributed by atoms with Gasteiger partial charge in [-0.15, -0.1) is 0 Å². The Kier molecular flexibility index (Phi) is 7.66. The van der Waals surface area contributed by atoms with Crippen LogP contribution in [0, 0.1) is 5.41 Å². The largest absolute Gasteiger partial charge is 0.507 e. The third-order valence-electron chi connectivity index (χ3n) is 7.04. The van der Waals surface area contributed by atoms with Crippen LogP contribution in [-0.2, 0) is 25.1 Å². The highest BCUT2D eigenvalue weighted by molar-refractivity contribution is 7.90. The highest BCUT2D eigenvalue weighted by atomic mass is 32.2. The standard InChI is InChI=1S/C30H36N2O5S/c1-6-15-30(16-7-2)26(33)24(27(34)37-30)25(29(3,4)5)21-13-10-11-20(17-21)19-38(35,36)28-31-18-22-12-8-9-14-23(22)32-28/h8-14,17-18,25,33H,6-7,15-16,19H2,1-5H3. The number of ether oxygens (including phenoxy) is 1. The number of carbonyl (C=O) groups is 1. The Labute approximate surface area is 224 Å². The molecule has 1 aliphatic heterocycles. The highest BCUT2D eigenvalue weighted by Crippen LogP contribution is 2.49. The Hall–Kier alpha value is -3.26. The van der Waals surface area contributed by atoms with Crippen LogP contribution < -0.4 is 0 Å². The molecule has 1 aliphatic rings. The molecule has 1 N–H and O–H groups in total. The maximum absolute atomic E-state index is 13.3. The predicted molar refractivity (Wildman–Crippen MR) is 147 cm³/mol. The average Bonchev–Trinajstić information content (AvgIpc) is 3.08. The van der Waals surface area contributed by atoms with Gasteiger partial charge in [-0.1, -0.05) is 89.9 Å². The smallest absolute Gasteiger partial charge is 0.339 e. The van der Waals surface area contributed by atoms with E-state index in [4.69, 9.17) is 4.74 Å². The maximum atomic E-state index is 13.3. The molecule has 0 amide bonds. The summed E-state index contributed by atoms with van der Waals surface area (Å²) in [6.07, 6.45) is 4.12. The minimum absolute atomic E-state index is 0.00807. The Balaban J connectivity index is 1.74. The molecular weight excluding hydrogens is 500 g/mol. The molecule has 0 saturated carbocycles. The molecule has 2 aromatic carbocycles. The number of benzene rings is 2. The summed E-state index contributed by atoms with van der Waals surface area (Å²) in [4.78, 5) is 21.6. The average molecular weight is 537 g/mol. The molecule has 0 radical (unpaired) electrons. The van der Waals surface area contributed by atoms with Crippen molar-refractivity contribution in [3.05, 3.63) is 77.2 Å². The second-order valence-corrected chi connectivity index (χ2v) is 13.0. The molecule has 2 heterocycles. The van der Waals surface area contributed by atoms with Gasteiger partial charge in [-0.3, -0.25) is 0 Å². The van der Waals surface area contributed by atoms with Crippen LogP contribution in [0.5, 0.6) is 0 Å². The Morgan fingerprint density at radius 2 is 1.71 bits per heavy atom. The lowest BCUT2D eigenvalue weighted by Gasteiger charge is -2.31. The van der Waals surface area contributed by atoms with E-state index in [2.05, 4.69) is 9.97 Å². The molecule has 0 aliphatic carbocycles. The van der Waals surface area contributed by atoms with E-state index in [-0.39, 0.29) is 22.2 Å². The first-order valence-electron chi connectivity index (χ1n) is 13.1. The molecule has 0 spiro atoms. The van der Waals surface area contributed by atoms with Crippen molar-refractivity contribution in [1.82, 2.24) is 9.97 Å². The fourth-order valence-electron chi connectivity index (χ4n) is 5.50. The van der Waals surface area contributed by atoms with Crippen molar-refractivity contribution in [1.29, 1.82) is 0 Å². The Morgan fingerprint density at radius 1 is 1.03 bits per heavy atom. The zero-order valence-electron chi connectivity index (χ0n) is 22.7. The number of rotatable bonds is 9. The topological polar surface area (TPSA) is 106 Å². The number of aliphatic hydroxyl groups is 1. The molecule has 1 aromatic heterocycles. The van der Waals surface area contributed by atoms with Gasteiger partial charge in [-0.25, -0.2) is 23.2 Å². The number of esters is 1. The molecule has 1 unspecified atom stereocenters. The van der Waals surface area contributed by atoms with Crippen LogP contribution in [-0.4, -0.2) is 35.1 Å². The van der Waals surface area contributed by atoms with Crippen LogP contribution in [0.1, 0.15) is 77.3 Å². The van der Waals surface area contributed by atoms with Crippen LogP contribution in [0.2, 0.25) is 0 Å². The number of hydrogen-bond acceptors (Lipinski definition) is 7. The van der Waals surface area contributed by atoms with Crippen molar-refractivity contribution in [2.75, 3.05) is 0 Å². The third kappa shape index (κ3) is 5.32. The number of aliphatic hydroxyl groups excluding tert-OH is 1. The van der Waals surface area contributed by atoms with E-state index in [9.17, 15) is 18.3 Å². The zero-order chi connectivity index (χ0) is 27.7. The van der Waals surface area contributed by atoms with E-state index in [1.54, 1.807) is 30.3 Å². The van der Waals surface area contributed by atoms with Gasteiger partial charge < -0.3 is 9.84 Å². The fraction of sp³-hybridized carbons (Fsp3) is 0.433. The molecule has 0 fully saturated rings. The molecule has 3 aromatic rings. The molecule has 0 bridgehead atoms. The van der Waals surface area contributed by atoms with Crippen molar-refractivity contribution >= 4 is 26.7 Å². The second kappa shape index (κ2) is 10.5. The van der Waals surface area contributed by atoms with Gasteiger partial charge in [0.1, 0.15) is 5.76 Å². The minimum atomic E-state index is -3.83. The molecule has 202 valence electrons. The van der Waals surface area contributed by atoms with E-state index in [0.717, 1.165) is 23.8 Å². The van der Waals surface area contributed by atoms with Gasteiger partial charge in [0.25, 0.3) is 0 Å². The van der Waals surface area contributed by atoms with Crippen molar-refractivity contribution in [3.63, 3.8) is 0 Å². The lowest BCUT2D eigenvalue weighted by atomic mass is 9.71. The number of aromatic nitrogens is 2. The van der Waals surface area contributed by atoms with Crippen LogP contribution in [0.3, 0.4) is 0 Å². The SMILES string of the molecule is CCCC1(CCC)OC(=O)C(C(c2cccc(CS(=O)(=O)c3ncc4ccccc4n3)c2)C(C)(C)C)=C1O. The van der Waals surface area contributed by atoms with Gasteiger partial charge in [0, 0.05) is 17.5 Å². The van der Waals surface area contributed by atoms with Gasteiger partial charge in [-0.05, 0) is 35.4 Å². The van der Waals surface area contributed by atoms with E-state index >= 15 is 0 Å². The van der Waals surface area contributed by atoms with Crippen LogP contribution >= 0.6 is 0 Å². The van der Waals surface area contributed by atoms with Gasteiger partial charge in [-0.2, -0.15) is 0 Å². The summed E-state index contributed by atoms with van der Waals surface area (Å²) in [6.45, 7) is 9.99. The van der Waals surface area contributed by atoms with Gasteiger partial charge >= 0.3 is 5.97 Å². The molecule has 4 rings (SSSR count). The van der Waals surface area contributed by atoms with Crippen molar-refractivity contribution in [2.24, 2.45) is 5.41 Å². The lowest BCUT2D eigenvalue weighted by molar-refractivity contribution is -0.150. The summed E-state index contributed by atoms with van der Waals surface area (Å²) in [5.41, 5.74) is 0.647. The summed E-state index contributed by atoms with van der Waals surface area (Å²) in [6, 6.07) is 14.4. The van der Waals surface area contributed by atoms with Crippen molar-refractivity contribution < 1.29 is 23.1 Å². The summed E-state index contributed by atoms with van der Waals surface area (Å²) in [7, 11) is -3.83. The first-order valence-corrected chi connectivity index (χ1v) is 14.8. The number of hydrogen-bond donors (Lipinski definition) is 1.